The normalized spacial score (nSPS) is 12.0. The third kappa shape index (κ3) is 3.25. The van der Waals surface area contributed by atoms with E-state index in [2.05, 4.69) is 15.3 Å². The van der Waals surface area contributed by atoms with Crippen molar-refractivity contribution in [3.05, 3.63) is 52.0 Å². The fourth-order valence-electron chi connectivity index (χ4n) is 1.57. The van der Waals surface area contributed by atoms with Crippen molar-refractivity contribution >= 4 is 34.8 Å². The Kier molecular flexibility index (Phi) is 4.54. The number of halogens is 2. The Morgan fingerprint density at radius 2 is 1.75 bits per heavy atom. The Morgan fingerprint density at radius 1 is 1.20 bits per heavy atom. The molecule has 0 radical (unpaired) electrons. The van der Waals surface area contributed by atoms with Crippen LogP contribution in [0.4, 0.5) is 5.69 Å². The summed E-state index contributed by atoms with van der Waals surface area (Å²) >= 11 is 11.7. The van der Waals surface area contributed by atoms with Gasteiger partial charge >= 0.3 is 0 Å². The quantitative estimate of drug-likeness (QED) is 0.854. The fraction of sp³-hybridized carbons (Fsp3) is 0.154. The highest BCUT2D eigenvalue weighted by molar-refractivity contribution is 6.38. The summed E-state index contributed by atoms with van der Waals surface area (Å²) in [5.74, 6) is -0.438. The minimum atomic E-state index is -0.831. The number of nitrogens with zero attached hydrogens (tertiary/aromatic N) is 2. The molecule has 0 saturated carbocycles. The molecule has 0 aliphatic carbocycles. The highest BCUT2D eigenvalue weighted by atomic mass is 35.5. The summed E-state index contributed by atoms with van der Waals surface area (Å²) in [5.41, 5.74) is 7.83. The highest BCUT2D eigenvalue weighted by Crippen LogP contribution is 2.26. The number of carbonyl (C=O) groups excluding carboxylic acids is 1. The van der Waals surface area contributed by atoms with Crippen molar-refractivity contribution in [1.82, 2.24) is 9.97 Å². The number of aryl methyl sites for hydroxylation is 1. The maximum absolute atomic E-state index is 12.1. The van der Waals surface area contributed by atoms with Gasteiger partial charge in [0.25, 0.3) is 0 Å². The summed E-state index contributed by atoms with van der Waals surface area (Å²) in [6.45, 7) is 1.95. The van der Waals surface area contributed by atoms with Crippen molar-refractivity contribution in [2.24, 2.45) is 5.73 Å². The molecule has 20 heavy (non-hydrogen) atoms. The first-order valence-corrected chi connectivity index (χ1v) is 6.53. The zero-order chi connectivity index (χ0) is 14.7. The van der Waals surface area contributed by atoms with Gasteiger partial charge in [0.1, 0.15) is 18.1 Å². The average molecular weight is 311 g/mol. The van der Waals surface area contributed by atoms with E-state index in [0.29, 0.717) is 5.56 Å². The Morgan fingerprint density at radius 3 is 2.30 bits per heavy atom. The predicted octanol–water partition coefficient (Wildman–Crippen LogP) is 2.73. The van der Waals surface area contributed by atoms with E-state index in [-0.39, 0.29) is 16.0 Å². The number of hydrogen-bond acceptors (Lipinski definition) is 4. The molecule has 0 aliphatic rings. The standard InChI is InChI=1S/C13H12Cl2N4O/c1-7-2-4-8(5-3-7)9(16)13(20)19-10-11(14)17-6-18-12(10)15/h2-6,9H,16H2,1H3,(H,19,20). The summed E-state index contributed by atoms with van der Waals surface area (Å²) in [7, 11) is 0. The molecule has 1 heterocycles. The van der Waals surface area contributed by atoms with Crippen LogP contribution in [0.3, 0.4) is 0 Å². The molecule has 0 aliphatic heterocycles. The van der Waals surface area contributed by atoms with E-state index in [1.807, 2.05) is 19.1 Å². The lowest BCUT2D eigenvalue weighted by Gasteiger charge is -2.13. The third-order valence-electron chi connectivity index (χ3n) is 2.72. The van der Waals surface area contributed by atoms with Crippen LogP contribution >= 0.6 is 23.2 Å². The smallest absolute Gasteiger partial charge is 0.246 e. The molecule has 0 saturated heterocycles. The molecule has 3 N–H and O–H groups in total. The third-order valence-corrected chi connectivity index (χ3v) is 3.30. The van der Waals surface area contributed by atoms with E-state index >= 15 is 0 Å². The van der Waals surface area contributed by atoms with Crippen molar-refractivity contribution in [3.8, 4) is 0 Å². The summed E-state index contributed by atoms with van der Waals surface area (Å²) in [5, 5.41) is 2.67. The van der Waals surface area contributed by atoms with Crippen molar-refractivity contribution in [1.29, 1.82) is 0 Å². The molecule has 2 aromatic rings. The molecular formula is C13H12Cl2N4O. The molecule has 0 spiro atoms. The number of nitrogens with two attached hydrogens (primary N) is 1. The Hall–Kier alpha value is -1.69. The van der Waals surface area contributed by atoms with Crippen LogP contribution < -0.4 is 11.1 Å². The van der Waals surface area contributed by atoms with Gasteiger partial charge in [0.2, 0.25) is 5.91 Å². The van der Waals surface area contributed by atoms with Gasteiger partial charge in [-0.3, -0.25) is 4.79 Å². The minimum Gasteiger partial charge on any atom is -0.319 e. The van der Waals surface area contributed by atoms with Gasteiger partial charge in [0, 0.05) is 0 Å². The zero-order valence-corrected chi connectivity index (χ0v) is 12.1. The lowest BCUT2D eigenvalue weighted by atomic mass is 10.1. The summed E-state index contributed by atoms with van der Waals surface area (Å²) in [6.07, 6.45) is 1.21. The number of hydrogen-bond donors (Lipinski definition) is 2. The molecule has 1 aromatic heterocycles. The zero-order valence-electron chi connectivity index (χ0n) is 10.6. The first kappa shape index (κ1) is 14.7. The van der Waals surface area contributed by atoms with Crippen molar-refractivity contribution in [2.45, 2.75) is 13.0 Å². The second kappa shape index (κ2) is 6.17. The van der Waals surface area contributed by atoms with Crippen LogP contribution in [0.2, 0.25) is 10.3 Å². The molecule has 1 atom stereocenters. The average Bonchev–Trinajstić information content (AvgIpc) is 2.43. The molecule has 104 valence electrons. The topological polar surface area (TPSA) is 80.9 Å². The monoisotopic (exact) mass is 310 g/mol. The molecule has 1 unspecified atom stereocenters. The summed E-state index contributed by atoms with van der Waals surface area (Å²) in [4.78, 5) is 19.6. The van der Waals surface area contributed by atoms with Gasteiger partial charge in [-0.25, -0.2) is 9.97 Å². The molecule has 2 rings (SSSR count). The van der Waals surface area contributed by atoms with Crippen LogP contribution in [0, 0.1) is 6.92 Å². The van der Waals surface area contributed by atoms with Gasteiger partial charge in [0.05, 0.1) is 0 Å². The second-order valence-electron chi connectivity index (χ2n) is 4.21. The van der Waals surface area contributed by atoms with Gasteiger partial charge in [-0.15, -0.1) is 0 Å². The minimum absolute atomic E-state index is 0.0643. The number of anilines is 1. The van der Waals surface area contributed by atoms with Gasteiger partial charge in [0.15, 0.2) is 10.3 Å². The highest BCUT2D eigenvalue weighted by Gasteiger charge is 2.19. The number of benzene rings is 1. The number of aromatic nitrogens is 2. The maximum atomic E-state index is 12.1. The van der Waals surface area contributed by atoms with Crippen LogP contribution in [-0.2, 0) is 4.79 Å². The molecule has 1 aromatic carbocycles. The van der Waals surface area contributed by atoms with Crippen LogP contribution in [0.1, 0.15) is 17.2 Å². The SMILES string of the molecule is Cc1ccc(C(N)C(=O)Nc2c(Cl)ncnc2Cl)cc1. The number of nitrogens with one attached hydrogen (secondary N) is 1. The summed E-state index contributed by atoms with van der Waals surface area (Å²) in [6, 6.07) is 6.53. The first-order chi connectivity index (χ1) is 9.49. The first-order valence-electron chi connectivity index (χ1n) is 5.78. The Labute approximate surface area is 126 Å². The largest absolute Gasteiger partial charge is 0.319 e. The Bertz CT molecular complexity index is 611. The second-order valence-corrected chi connectivity index (χ2v) is 4.92. The van der Waals surface area contributed by atoms with E-state index in [0.717, 1.165) is 5.56 Å². The van der Waals surface area contributed by atoms with Crippen LogP contribution in [0.5, 0.6) is 0 Å². The van der Waals surface area contributed by atoms with E-state index < -0.39 is 11.9 Å². The van der Waals surface area contributed by atoms with Crippen molar-refractivity contribution in [3.63, 3.8) is 0 Å². The van der Waals surface area contributed by atoms with Crippen LogP contribution in [-0.4, -0.2) is 15.9 Å². The van der Waals surface area contributed by atoms with Crippen molar-refractivity contribution < 1.29 is 4.79 Å². The van der Waals surface area contributed by atoms with E-state index in [4.69, 9.17) is 28.9 Å². The van der Waals surface area contributed by atoms with Crippen LogP contribution in [0.25, 0.3) is 0 Å². The number of carbonyl (C=O) groups is 1. The molecule has 0 bridgehead atoms. The van der Waals surface area contributed by atoms with Gasteiger partial charge in [-0.05, 0) is 12.5 Å². The molecule has 5 nitrogen and oxygen atoms in total. The maximum Gasteiger partial charge on any atom is 0.246 e. The van der Waals surface area contributed by atoms with E-state index in [1.54, 1.807) is 12.1 Å². The predicted molar refractivity (Wildman–Crippen MR) is 78.8 cm³/mol. The fourth-order valence-corrected chi connectivity index (χ4v) is 1.98. The lowest BCUT2D eigenvalue weighted by molar-refractivity contribution is -0.117. The number of rotatable bonds is 3. The van der Waals surface area contributed by atoms with Gasteiger partial charge in [-0.1, -0.05) is 53.0 Å². The van der Waals surface area contributed by atoms with E-state index in [9.17, 15) is 4.79 Å². The lowest BCUT2D eigenvalue weighted by Crippen LogP contribution is -2.28. The van der Waals surface area contributed by atoms with Crippen LogP contribution in [0.15, 0.2) is 30.6 Å². The summed E-state index contributed by atoms with van der Waals surface area (Å²) < 4.78 is 0. The van der Waals surface area contributed by atoms with Crippen molar-refractivity contribution in [2.75, 3.05) is 5.32 Å². The molecule has 1 amide bonds. The van der Waals surface area contributed by atoms with E-state index in [1.165, 1.54) is 6.33 Å². The Balaban J connectivity index is 2.18. The molecular weight excluding hydrogens is 299 g/mol. The van der Waals surface area contributed by atoms with Gasteiger partial charge in [-0.2, -0.15) is 0 Å². The molecule has 0 fully saturated rings. The number of amides is 1. The van der Waals surface area contributed by atoms with Gasteiger partial charge < -0.3 is 11.1 Å². The molecule has 7 heteroatoms.